The summed E-state index contributed by atoms with van der Waals surface area (Å²) < 4.78 is 19.9. The van der Waals surface area contributed by atoms with E-state index >= 15 is 0 Å². The standard InChI is InChI=1S/C14H12BrFO/c1-10-2-7-13(16)14(8-10)17-9-11-3-5-12(15)6-4-11/h2-8H,9H2,1H3. The molecule has 0 N–H and O–H groups in total. The fourth-order valence-electron chi connectivity index (χ4n) is 1.46. The first-order chi connectivity index (χ1) is 8.15. The van der Waals surface area contributed by atoms with Crippen molar-refractivity contribution in [1.29, 1.82) is 0 Å². The molecule has 17 heavy (non-hydrogen) atoms. The molecule has 2 aromatic carbocycles. The van der Waals surface area contributed by atoms with Gasteiger partial charge in [-0.25, -0.2) is 4.39 Å². The van der Waals surface area contributed by atoms with Gasteiger partial charge in [-0.3, -0.25) is 0 Å². The van der Waals surface area contributed by atoms with Gasteiger partial charge in [0.15, 0.2) is 11.6 Å². The summed E-state index contributed by atoms with van der Waals surface area (Å²) in [7, 11) is 0. The Morgan fingerprint density at radius 2 is 1.82 bits per heavy atom. The van der Waals surface area contributed by atoms with Crippen molar-refractivity contribution in [2.45, 2.75) is 13.5 Å². The van der Waals surface area contributed by atoms with Crippen molar-refractivity contribution in [2.75, 3.05) is 0 Å². The minimum absolute atomic E-state index is 0.299. The van der Waals surface area contributed by atoms with E-state index in [4.69, 9.17) is 4.74 Å². The summed E-state index contributed by atoms with van der Waals surface area (Å²) in [5, 5.41) is 0. The molecule has 0 aliphatic carbocycles. The third-order valence-corrected chi connectivity index (χ3v) is 2.92. The van der Waals surface area contributed by atoms with Crippen LogP contribution in [0.2, 0.25) is 0 Å². The molecule has 1 nitrogen and oxygen atoms in total. The van der Waals surface area contributed by atoms with Crippen LogP contribution in [0.5, 0.6) is 5.75 Å². The van der Waals surface area contributed by atoms with Crippen LogP contribution in [-0.4, -0.2) is 0 Å². The minimum Gasteiger partial charge on any atom is -0.486 e. The van der Waals surface area contributed by atoms with Crippen LogP contribution >= 0.6 is 15.9 Å². The molecule has 0 aromatic heterocycles. The van der Waals surface area contributed by atoms with E-state index in [-0.39, 0.29) is 5.82 Å². The zero-order valence-electron chi connectivity index (χ0n) is 9.41. The van der Waals surface area contributed by atoms with Crippen LogP contribution in [0.1, 0.15) is 11.1 Å². The van der Waals surface area contributed by atoms with Gasteiger partial charge in [-0.05, 0) is 42.3 Å². The predicted octanol–water partition coefficient (Wildman–Crippen LogP) is 4.48. The number of ether oxygens (including phenoxy) is 1. The van der Waals surface area contributed by atoms with Gasteiger partial charge in [-0.2, -0.15) is 0 Å². The van der Waals surface area contributed by atoms with E-state index in [0.29, 0.717) is 12.4 Å². The number of aryl methyl sites for hydroxylation is 1. The molecular formula is C14H12BrFO. The quantitative estimate of drug-likeness (QED) is 0.811. The van der Waals surface area contributed by atoms with Crippen LogP contribution < -0.4 is 4.74 Å². The van der Waals surface area contributed by atoms with E-state index < -0.39 is 0 Å². The molecule has 0 unspecified atom stereocenters. The van der Waals surface area contributed by atoms with E-state index in [1.54, 1.807) is 12.1 Å². The molecule has 0 heterocycles. The Labute approximate surface area is 108 Å². The lowest BCUT2D eigenvalue weighted by molar-refractivity contribution is 0.290. The van der Waals surface area contributed by atoms with Gasteiger partial charge in [0, 0.05) is 4.47 Å². The lowest BCUT2D eigenvalue weighted by Crippen LogP contribution is -1.97. The van der Waals surface area contributed by atoms with Crippen molar-refractivity contribution >= 4 is 15.9 Å². The maximum atomic E-state index is 13.4. The second-order valence-corrected chi connectivity index (χ2v) is 4.76. The summed E-state index contributed by atoms with van der Waals surface area (Å²) in [5.74, 6) is -0.0272. The molecule has 88 valence electrons. The van der Waals surface area contributed by atoms with Crippen LogP contribution in [0.3, 0.4) is 0 Å². The smallest absolute Gasteiger partial charge is 0.165 e. The molecule has 2 aromatic rings. The van der Waals surface area contributed by atoms with Gasteiger partial charge in [0.2, 0.25) is 0 Å². The molecule has 0 spiro atoms. The monoisotopic (exact) mass is 294 g/mol. The van der Waals surface area contributed by atoms with Crippen LogP contribution in [-0.2, 0) is 6.61 Å². The summed E-state index contributed by atoms with van der Waals surface area (Å²) >= 11 is 3.36. The van der Waals surface area contributed by atoms with Crippen molar-refractivity contribution in [1.82, 2.24) is 0 Å². The van der Waals surface area contributed by atoms with E-state index in [2.05, 4.69) is 15.9 Å². The van der Waals surface area contributed by atoms with Crippen LogP contribution in [0.4, 0.5) is 4.39 Å². The first kappa shape index (κ1) is 12.1. The number of rotatable bonds is 3. The molecule has 0 amide bonds. The number of hydrogen-bond donors (Lipinski definition) is 0. The highest BCUT2D eigenvalue weighted by Crippen LogP contribution is 2.20. The zero-order valence-corrected chi connectivity index (χ0v) is 11.0. The van der Waals surface area contributed by atoms with Crippen molar-refractivity contribution in [3.8, 4) is 5.75 Å². The Hall–Kier alpha value is -1.35. The third kappa shape index (κ3) is 3.30. The average molecular weight is 295 g/mol. The van der Waals surface area contributed by atoms with Crippen LogP contribution in [0.15, 0.2) is 46.9 Å². The molecule has 0 aliphatic heterocycles. The molecule has 0 radical (unpaired) electrons. The summed E-state index contributed by atoms with van der Waals surface area (Å²) in [4.78, 5) is 0. The van der Waals surface area contributed by atoms with Crippen molar-refractivity contribution in [3.05, 3.63) is 63.9 Å². The fraction of sp³-hybridized carbons (Fsp3) is 0.143. The Morgan fingerprint density at radius 3 is 2.53 bits per heavy atom. The normalized spacial score (nSPS) is 10.3. The Balaban J connectivity index is 2.07. The predicted molar refractivity (Wildman–Crippen MR) is 69.6 cm³/mol. The minimum atomic E-state index is -0.326. The maximum absolute atomic E-state index is 13.4. The molecule has 0 atom stereocenters. The van der Waals surface area contributed by atoms with E-state index in [0.717, 1.165) is 15.6 Å². The highest BCUT2D eigenvalue weighted by molar-refractivity contribution is 9.10. The first-order valence-electron chi connectivity index (χ1n) is 5.28. The van der Waals surface area contributed by atoms with Gasteiger partial charge in [0.1, 0.15) is 6.61 Å². The van der Waals surface area contributed by atoms with Crippen LogP contribution in [0, 0.1) is 12.7 Å². The summed E-state index contributed by atoms with van der Waals surface area (Å²) in [6.45, 7) is 2.28. The molecule has 3 heteroatoms. The molecular weight excluding hydrogens is 283 g/mol. The van der Waals surface area contributed by atoms with Gasteiger partial charge in [-0.1, -0.05) is 34.1 Å². The number of halogens is 2. The highest BCUT2D eigenvalue weighted by atomic mass is 79.9. The van der Waals surface area contributed by atoms with Gasteiger partial charge >= 0.3 is 0 Å². The summed E-state index contributed by atoms with van der Waals surface area (Å²) in [6.07, 6.45) is 0. The van der Waals surface area contributed by atoms with Crippen LogP contribution in [0.25, 0.3) is 0 Å². The molecule has 0 aliphatic rings. The summed E-state index contributed by atoms with van der Waals surface area (Å²) in [5.41, 5.74) is 1.99. The van der Waals surface area contributed by atoms with Gasteiger partial charge < -0.3 is 4.74 Å². The van der Waals surface area contributed by atoms with Crippen molar-refractivity contribution in [2.24, 2.45) is 0 Å². The highest BCUT2D eigenvalue weighted by Gasteiger charge is 2.03. The Morgan fingerprint density at radius 1 is 1.12 bits per heavy atom. The summed E-state index contributed by atoms with van der Waals surface area (Å²) in [6, 6.07) is 12.6. The third-order valence-electron chi connectivity index (χ3n) is 2.39. The fourth-order valence-corrected chi connectivity index (χ4v) is 1.73. The first-order valence-corrected chi connectivity index (χ1v) is 6.08. The topological polar surface area (TPSA) is 9.23 Å². The van der Waals surface area contributed by atoms with Crippen molar-refractivity contribution in [3.63, 3.8) is 0 Å². The van der Waals surface area contributed by atoms with E-state index in [1.807, 2.05) is 31.2 Å². The van der Waals surface area contributed by atoms with E-state index in [9.17, 15) is 4.39 Å². The van der Waals surface area contributed by atoms with Gasteiger partial charge in [0.05, 0.1) is 0 Å². The zero-order chi connectivity index (χ0) is 12.3. The Bertz CT molecular complexity index is 508. The average Bonchev–Trinajstić information content (AvgIpc) is 2.32. The molecule has 0 saturated heterocycles. The SMILES string of the molecule is Cc1ccc(F)c(OCc2ccc(Br)cc2)c1. The largest absolute Gasteiger partial charge is 0.486 e. The number of hydrogen-bond acceptors (Lipinski definition) is 1. The second kappa shape index (κ2) is 5.32. The number of benzene rings is 2. The molecule has 0 bridgehead atoms. The lowest BCUT2D eigenvalue weighted by Gasteiger charge is -2.08. The van der Waals surface area contributed by atoms with Gasteiger partial charge in [0.25, 0.3) is 0 Å². The lowest BCUT2D eigenvalue weighted by atomic mass is 10.2. The second-order valence-electron chi connectivity index (χ2n) is 3.85. The molecule has 2 rings (SSSR count). The molecule has 0 fully saturated rings. The van der Waals surface area contributed by atoms with Crippen molar-refractivity contribution < 1.29 is 9.13 Å². The Kier molecular flexibility index (Phi) is 3.79. The maximum Gasteiger partial charge on any atom is 0.165 e. The van der Waals surface area contributed by atoms with E-state index in [1.165, 1.54) is 6.07 Å². The van der Waals surface area contributed by atoms with Gasteiger partial charge in [-0.15, -0.1) is 0 Å². The molecule has 0 saturated carbocycles.